The Morgan fingerprint density at radius 3 is 2.20 bits per heavy atom. The topological polar surface area (TPSA) is 15.3 Å². The van der Waals surface area contributed by atoms with Crippen LogP contribution in [0.1, 0.15) is 27.2 Å². The molecule has 0 aliphatic carbocycles. The fourth-order valence-electron chi connectivity index (χ4n) is 1.35. The van der Waals surface area contributed by atoms with E-state index < -0.39 is 12.7 Å². The minimum Gasteiger partial charge on any atom is -0.313 e. The minimum atomic E-state index is -4.09. The lowest BCUT2D eigenvalue weighted by molar-refractivity contribution is -0.145. The fraction of sp³-hybridized carbons (Fsp3) is 1.00. The summed E-state index contributed by atoms with van der Waals surface area (Å²) >= 11 is 0. The average molecular weight is 226 g/mol. The van der Waals surface area contributed by atoms with Crippen molar-refractivity contribution in [2.45, 2.75) is 39.4 Å². The number of alkyl halides is 3. The quantitative estimate of drug-likeness (QED) is 0.716. The molecule has 0 bridgehead atoms. The molecule has 0 saturated carbocycles. The zero-order valence-corrected chi connectivity index (χ0v) is 9.69. The Kier molecular flexibility index (Phi) is 6.92. The molecule has 0 rings (SSSR count). The maximum Gasteiger partial charge on any atom is 0.401 e. The lowest BCUT2D eigenvalue weighted by Crippen LogP contribution is -2.40. The minimum absolute atomic E-state index is 0.319. The lowest BCUT2D eigenvalue weighted by atomic mass is 10.3. The van der Waals surface area contributed by atoms with Gasteiger partial charge in [0.15, 0.2) is 0 Å². The molecule has 0 fully saturated rings. The van der Waals surface area contributed by atoms with Crippen molar-refractivity contribution in [2.24, 2.45) is 0 Å². The third kappa shape index (κ3) is 10.0. The first-order valence-electron chi connectivity index (χ1n) is 5.37. The van der Waals surface area contributed by atoms with Crippen molar-refractivity contribution in [3.8, 4) is 0 Å². The van der Waals surface area contributed by atoms with Gasteiger partial charge in [-0.2, -0.15) is 13.2 Å². The number of halogens is 3. The standard InChI is InChI=1S/C10H21F3N2/c1-4-6-15(8-10(11,12)13)7-5-14-9(2)3/h9,14H,4-8H2,1-3H3. The smallest absolute Gasteiger partial charge is 0.313 e. The van der Waals surface area contributed by atoms with E-state index in [2.05, 4.69) is 5.32 Å². The van der Waals surface area contributed by atoms with Crippen LogP contribution in [0.15, 0.2) is 0 Å². The van der Waals surface area contributed by atoms with Gasteiger partial charge in [-0.25, -0.2) is 0 Å². The van der Waals surface area contributed by atoms with E-state index in [4.69, 9.17) is 0 Å². The van der Waals surface area contributed by atoms with Gasteiger partial charge in [-0.15, -0.1) is 0 Å². The molecule has 0 spiro atoms. The van der Waals surface area contributed by atoms with Crippen LogP contribution in [-0.2, 0) is 0 Å². The number of hydrogen-bond acceptors (Lipinski definition) is 2. The Balaban J connectivity index is 3.83. The summed E-state index contributed by atoms with van der Waals surface area (Å²) in [5.74, 6) is 0. The van der Waals surface area contributed by atoms with Gasteiger partial charge in [-0.1, -0.05) is 20.8 Å². The monoisotopic (exact) mass is 226 g/mol. The van der Waals surface area contributed by atoms with Crippen molar-refractivity contribution < 1.29 is 13.2 Å². The van der Waals surface area contributed by atoms with E-state index in [1.54, 1.807) is 0 Å². The van der Waals surface area contributed by atoms with E-state index in [1.165, 1.54) is 4.90 Å². The van der Waals surface area contributed by atoms with Crippen LogP contribution in [0.4, 0.5) is 13.2 Å². The summed E-state index contributed by atoms with van der Waals surface area (Å²) < 4.78 is 36.5. The van der Waals surface area contributed by atoms with Gasteiger partial charge in [0.25, 0.3) is 0 Å². The lowest BCUT2D eigenvalue weighted by Gasteiger charge is -2.23. The molecule has 0 aromatic carbocycles. The predicted molar refractivity (Wildman–Crippen MR) is 55.9 cm³/mol. The first-order valence-corrected chi connectivity index (χ1v) is 5.37. The first kappa shape index (κ1) is 14.7. The zero-order valence-electron chi connectivity index (χ0n) is 9.69. The van der Waals surface area contributed by atoms with Crippen LogP contribution >= 0.6 is 0 Å². The highest BCUT2D eigenvalue weighted by atomic mass is 19.4. The SMILES string of the molecule is CCCN(CCNC(C)C)CC(F)(F)F. The zero-order chi connectivity index (χ0) is 11.9. The van der Waals surface area contributed by atoms with Gasteiger partial charge >= 0.3 is 6.18 Å². The Hall–Kier alpha value is -0.290. The van der Waals surface area contributed by atoms with Crippen LogP contribution in [0.3, 0.4) is 0 Å². The van der Waals surface area contributed by atoms with Gasteiger partial charge in [0.1, 0.15) is 0 Å². The molecule has 0 aliphatic heterocycles. The Morgan fingerprint density at radius 2 is 1.80 bits per heavy atom. The van der Waals surface area contributed by atoms with Crippen LogP contribution in [0, 0.1) is 0 Å². The van der Waals surface area contributed by atoms with Gasteiger partial charge in [0, 0.05) is 19.1 Å². The maximum absolute atomic E-state index is 12.2. The summed E-state index contributed by atoms with van der Waals surface area (Å²) in [5.41, 5.74) is 0. The van der Waals surface area contributed by atoms with E-state index in [1.807, 2.05) is 20.8 Å². The van der Waals surface area contributed by atoms with Crippen LogP contribution in [-0.4, -0.2) is 43.3 Å². The van der Waals surface area contributed by atoms with E-state index in [0.717, 1.165) is 6.42 Å². The van der Waals surface area contributed by atoms with Crippen LogP contribution in [0.2, 0.25) is 0 Å². The molecule has 15 heavy (non-hydrogen) atoms. The number of nitrogens with zero attached hydrogens (tertiary/aromatic N) is 1. The van der Waals surface area contributed by atoms with Crippen molar-refractivity contribution in [3.63, 3.8) is 0 Å². The second-order valence-electron chi connectivity index (χ2n) is 4.00. The molecule has 0 aromatic rings. The molecule has 0 heterocycles. The highest BCUT2D eigenvalue weighted by Crippen LogP contribution is 2.16. The van der Waals surface area contributed by atoms with Crippen molar-refractivity contribution >= 4 is 0 Å². The molecule has 0 radical (unpaired) electrons. The predicted octanol–water partition coefficient (Wildman–Crippen LogP) is 2.26. The molecule has 0 atom stereocenters. The average Bonchev–Trinajstić information content (AvgIpc) is 2.00. The summed E-state index contributed by atoms with van der Waals surface area (Å²) in [6.45, 7) is 6.60. The summed E-state index contributed by atoms with van der Waals surface area (Å²) in [6.07, 6.45) is -3.34. The molecule has 1 N–H and O–H groups in total. The van der Waals surface area contributed by atoms with Crippen LogP contribution < -0.4 is 5.32 Å². The molecular formula is C10H21F3N2. The second-order valence-corrected chi connectivity index (χ2v) is 4.00. The molecule has 0 saturated heterocycles. The fourth-order valence-corrected chi connectivity index (χ4v) is 1.35. The van der Waals surface area contributed by atoms with Crippen LogP contribution in [0.5, 0.6) is 0 Å². The van der Waals surface area contributed by atoms with Crippen molar-refractivity contribution in [1.82, 2.24) is 10.2 Å². The maximum atomic E-state index is 12.2. The molecule has 92 valence electrons. The van der Waals surface area contributed by atoms with Gasteiger partial charge in [0.2, 0.25) is 0 Å². The summed E-state index contributed by atoms with van der Waals surface area (Å²) in [5, 5.41) is 3.11. The van der Waals surface area contributed by atoms with Gasteiger partial charge in [0.05, 0.1) is 6.54 Å². The molecule has 0 aromatic heterocycles. The highest BCUT2D eigenvalue weighted by Gasteiger charge is 2.29. The molecule has 0 unspecified atom stereocenters. The third-order valence-corrected chi connectivity index (χ3v) is 1.92. The van der Waals surface area contributed by atoms with E-state index in [-0.39, 0.29) is 0 Å². The Morgan fingerprint density at radius 1 is 1.20 bits per heavy atom. The highest BCUT2D eigenvalue weighted by molar-refractivity contribution is 4.65. The van der Waals surface area contributed by atoms with E-state index in [9.17, 15) is 13.2 Å². The van der Waals surface area contributed by atoms with Crippen molar-refractivity contribution in [1.29, 1.82) is 0 Å². The molecule has 0 aliphatic rings. The summed E-state index contributed by atoms with van der Waals surface area (Å²) in [7, 11) is 0. The first-order chi connectivity index (χ1) is 6.85. The van der Waals surface area contributed by atoms with Gasteiger partial charge < -0.3 is 5.32 Å². The van der Waals surface area contributed by atoms with Gasteiger partial charge in [-0.05, 0) is 13.0 Å². The second kappa shape index (κ2) is 7.06. The van der Waals surface area contributed by atoms with E-state index >= 15 is 0 Å². The largest absolute Gasteiger partial charge is 0.401 e. The van der Waals surface area contributed by atoms with Crippen molar-refractivity contribution in [3.05, 3.63) is 0 Å². The third-order valence-electron chi connectivity index (χ3n) is 1.92. The Bertz CT molecular complexity index is 157. The van der Waals surface area contributed by atoms with Gasteiger partial charge in [-0.3, -0.25) is 4.90 Å². The Labute approximate surface area is 89.8 Å². The molecule has 0 amide bonds. The molecule has 5 heteroatoms. The van der Waals surface area contributed by atoms with Crippen LogP contribution in [0.25, 0.3) is 0 Å². The number of rotatable bonds is 7. The molecule has 2 nitrogen and oxygen atoms in total. The summed E-state index contributed by atoms with van der Waals surface area (Å²) in [4.78, 5) is 1.44. The summed E-state index contributed by atoms with van der Waals surface area (Å²) in [6, 6.07) is 0.319. The number of nitrogens with one attached hydrogen (secondary N) is 1. The van der Waals surface area contributed by atoms with E-state index in [0.29, 0.717) is 25.7 Å². The molecular weight excluding hydrogens is 205 g/mol. The van der Waals surface area contributed by atoms with Crippen molar-refractivity contribution in [2.75, 3.05) is 26.2 Å². The normalized spacial score (nSPS) is 12.8. The number of hydrogen-bond donors (Lipinski definition) is 1.